The van der Waals surface area contributed by atoms with Crippen LogP contribution in [0.4, 0.5) is 0 Å². The highest BCUT2D eigenvalue weighted by Gasteiger charge is 2.17. The van der Waals surface area contributed by atoms with E-state index >= 15 is 0 Å². The average molecular weight is 256 g/mol. The minimum absolute atomic E-state index is 0.0468. The largest absolute Gasteiger partial charge is 0.466 e. The van der Waals surface area contributed by atoms with E-state index in [0.717, 1.165) is 20.7 Å². The summed E-state index contributed by atoms with van der Waals surface area (Å²) in [5.74, 6) is 1.51. The van der Waals surface area contributed by atoms with Crippen LogP contribution >= 0.6 is 11.3 Å². The van der Waals surface area contributed by atoms with E-state index in [2.05, 4.69) is 0 Å². The third kappa shape index (κ3) is 1.77. The van der Waals surface area contributed by atoms with Crippen LogP contribution in [0.3, 0.4) is 0 Å². The molecule has 3 rings (SSSR count). The third-order valence-corrected chi connectivity index (χ3v) is 4.05. The summed E-state index contributed by atoms with van der Waals surface area (Å²) in [7, 11) is 0. The van der Waals surface area contributed by atoms with Gasteiger partial charge in [-0.1, -0.05) is 18.2 Å². The smallest absolute Gasteiger partial charge is 0.206 e. The van der Waals surface area contributed by atoms with Gasteiger partial charge in [0.2, 0.25) is 5.78 Å². The Bertz CT molecular complexity index is 701. The molecule has 3 heteroatoms. The Kier molecular flexibility index (Phi) is 2.56. The first-order valence-corrected chi connectivity index (χ1v) is 6.57. The number of hydrogen-bond acceptors (Lipinski definition) is 3. The molecule has 0 amide bonds. The maximum atomic E-state index is 12.4. The van der Waals surface area contributed by atoms with Gasteiger partial charge >= 0.3 is 0 Å². The molecule has 0 unspecified atom stereocenters. The second kappa shape index (κ2) is 4.10. The molecule has 2 heterocycles. The van der Waals surface area contributed by atoms with Gasteiger partial charge in [0.15, 0.2) is 0 Å². The number of ketones is 1. The van der Waals surface area contributed by atoms with Crippen molar-refractivity contribution in [3.8, 4) is 0 Å². The zero-order chi connectivity index (χ0) is 12.7. The maximum Gasteiger partial charge on any atom is 0.206 e. The highest BCUT2D eigenvalue weighted by Crippen LogP contribution is 2.28. The molecule has 0 bridgehead atoms. The van der Waals surface area contributed by atoms with Gasteiger partial charge < -0.3 is 4.42 Å². The molecule has 0 atom stereocenters. The van der Waals surface area contributed by atoms with Crippen molar-refractivity contribution >= 4 is 27.2 Å². The van der Waals surface area contributed by atoms with E-state index in [9.17, 15) is 4.79 Å². The van der Waals surface area contributed by atoms with Crippen LogP contribution in [0.1, 0.15) is 26.8 Å². The molecular formula is C15H12O2S. The van der Waals surface area contributed by atoms with Crippen LogP contribution in [-0.4, -0.2) is 5.78 Å². The summed E-state index contributed by atoms with van der Waals surface area (Å²) >= 11 is 1.53. The second-order valence-corrected chi connectivity index (χ2v) is 5.39. The predicted octanol–water partition coefficient (Wildman–Crippen LogP) is 4.34. The third-order valence-electron chi connectivity index (χ3n) is 2.93. The molecule has 2 aromatic heterocycles. The fourth-order valence-electron chi connectivity index (χ4n) is 2.08. The van der Waals surface area contributed by atoms with E-state index in [1.807, 2.05) is 50.2 Å². The maximum absolute atomic E-state index is 12.4. The lowest BCUT2D eigenvalue weighted by Gasteiger charge is -1.93. The van der Waals surface area contributed by atoms with Crippen LogP contribution in [0.15, 0.2) is 40.8 Å². The number of carbonyl (C=O) groups excluding carboxylic acids is 1. The molecule has 0 saturated carbocycles. The molecule has 2 nitrogen and oxygen atoms in total. The lowest BCUT2D eigenvalue weighted by Crippen LogP contribution is -1.98. The Hall–Kier alpha value is -1.87. The monoisotopic (exact) mass is 256 g/mol. The number of furan rings is 1. The summed E-state index contributed by atoms with van der Waals surface area (Å²) < 4.78 is 6.55. The Morgan fingerprint density at radius 2 is 1.94 bits per heavy atom. The van der Waals surface area contributed by atoms with Gasteiger partial charge in [-0.2, -0.15) is 0 Å². The zero-order valence-electron chi connectivity index (χ0n) is 10.2. The van der Waals surface area contributed by atoms with Gasteiger partial charge in [0, 0.05) is 4.70 Å². The molecule has 0 saturated heterocycles. The molecule has 0 aliphatic heterocycles. The summed E-state index contributed by atoms with van der Waals surface area (Å²) in [4.78, 5) is 13.2. The fourth-order valence-corrected chi connectivity index (χ4v) is 3.10. The number of hydrogen-bond donors (Lipinski definition) is 0. The summed E-state index contributed by atoms with van der Waals surface area (Å²) in [6.07, 6.45) is 0. The van der Waals surface area contributed by atoms with Gasteiger partial charge in [0.25, 0.3) is 0 Å². The second-order valence-electron chi connectivity index (χ2n) is 4.30. The molecule has 3 aromatic rings. The van der Waals surface area contributed by atoms with E-state index in [4.69, 9.17) is 4.42 Å². The molecule has 0 aliphatic carbocycles. The summed E-state index contributed by atoms with van der Waals surface area (Å²) in [6.45, 7) is 3.68. The van der Waals surface area contributed by atoms with Crippen molar-refractivity contribution in [2.24, 2.45) is 0 Å². The van der Waals surface area contributed by atoms with Gasteiger partial charge in [-0.15, -0.1) is 11.3 Å². The number of fused-ring (bicyclic) bond motifs is 1. The minimum Gasteiger partial charge on any atom is -0.466 e. The van der Waals surface area contributed by atoms with Crippen molar-refractivity contribution < 1.29 is 9.21 Å². The Morgan fingerprint density at radius 1 is 1.17 bits per heavy atom. The minimum atomic E-state index is 0.0468. The highest BCUT2D eigenvalue weighted by atomic mass is 32.1. The van der Waals surface area contributed by atoms with Crippen molar-refractivity contribution in [3.05, 3.63) is 58.4 Å². The van der Waals surface area contributed by atoms with Crippen LogP contribution in [0.2, 0.25) is 0 Å². The van der Waals surface area contributed by atoms with Crippen LogP contribution in [0, 0.1) is 13.8 Å². The lowest BCUT2D eigenvalue weighted by atomic mass is 10.1. The lowest BCUT2D eigenvalue weighted by molar-refractivity contribution is 0.104. The van der Waals surface area contributed by atoms with Crippen LogP contribution in [-0.2, 0) is 0 Å². The molecule has 0 radical (unpaired) electrons. The van der Waals surface area contributed by atoms with Gasteiger partial charge in [0.1, 0.15) is 11.5 Å². The van der Waals surface area contributed by atoms with E-state index in [1.54, 1.807) is 0 Å². The van der Waals surface area contributed by atoms with E-state index in [1.165, 1.54) is 11.3 Å². The standard InChI is InChI=1S/C15H12O2S/c1-9-7-12(10(2)17-9)15(16)14-8-11-5-3-4-6-13(11)18-14/h3-8H,1-2H3. The number of aryl methyl sites for hydroxylation is 2. The first-order chi connectivity index (χ1) is 8.65. The van der Waals surface area contributed by atoms with Gasteiger partial charge in [-0.3, -0.25) is 4.79 Å². The quantitative estimate of drug-likeness (QED) is 0.638. The zero-order valence-corrected chi connectivity index (χ0v) is 11.0. The molecule has 1 aromatic carbocycles. The normalized spacial score (nSPS) is 11.0. The van der Waals surface area contributed by atoms with Crippen molar-refractivity contribution in [2.45, 2.75) is 13.8 Å². The first kappa shape index (κ1) is 11.2. The number of carbonyl (C=O) groups is 1. The van der Waals surface area contributed by atoms with Crippen molar-refractivity contribution in [1.82, 2.24) is 0 Å². The summed E-state index contributed by atoms with van der Waals surface area (Å²) in [6, 6.07) is 11.8. The van der Waals surface area contributed by atoms with E-state index in [0.29, 0.717) is 11.3 Å². The van der Waals surface area contributed by atoms with Crippen molar-refractivity contribution in [1.29, 1.82) is 0 Å². The van der Waals surface area contributed by atoms with Crippen LogP contribution in [0.25, 0.3) is 10.1 Å². The van der Waals surface area contributed by atoms with E-state index in [-0.39, 0.29) is 5.78 Å². The van der Waals surface area contributed by atoms with Crippen molar-refractivity contribution in [2.75, 3.05) is 0 Å². The first-order valence-electron chi connectivity index (χ1n) is 5.75. The van der Waals surface area contributed by atoms with Gasteiger partial charge in [0.05, 0.1) is 10.4 Å². The van der Waals surface area contributed by atoms with Gasteiger partial charge in [-0.05, 0) is 37.4 Å². The molecule has 0 N–H and O–H groups in total. The Balaban J connectivity index is 2.09. The van der Waals surface area contributed by atoms with E-state index < -0.39 is 0 Å². The van der Waals surface area contributed by atoms with Gasteiger partial charge in [-0.25, -0.2) is 0 Å². The fraction of sp³-hybridized carbons (Fsp3) is 0.133. The molecular weight excluding hydrogens is 244 g/mol. The molecule has 0 aliphatic rings. The summed E-state index contributed by atoms with van der Waals surface area (Å²) in [5.41, 5.74) is 0.666. The highest BCUT2D eigenvalue weighted by molar-refractivity contribution is 7.21. The molecule has 0 spiro atoms. The Labute approximate surface area is 109 Å². The number of thiophene rings is 1. The molecule has 0 fully saturated rings. The number of benzene rings is 1. The molecule has 18 heavy (non-hydrogen) atoms. The van der Waals surface area contributed by atoms with Crippen molar-refractivity contribution in [3.63, 3.8) is 0 Å². The molecule has 90 valence electrons. The SMILES string of the molecule is Cc1cc(C(=O)c2cc3ccccc3s2)c(C)o1. The van der Waals surface area contributed by atoms with Crippen LogP contribution in [0.5, 0.6) is 0 Å². The average Bonchev–Trinajstić information content (AvgIpc) is 2.91. The Morgan fingerprint density at radius 3 is 2.61 bits per heavy atom. The topological polar surface area (TPSA) is 30.2 Å². The van der Waals surface area contributed by atoms with Crippen LogP contribution < -0.4 is 0 Å². The summed E-state index contributed by atoms with van der Waals surface area (Å²) in [5, 5.41) is 1.11. The predicted molar refractivity (Wildman–Crippen MR) is 73.4 cm³/mol. The number of rotatable bonds is 2.